The topological polar surface area (TPSA) is 12.9 Å². The van der Waals surface area contributed by atoms with Crippen molar-refractivity contribution in [3.8, 4) is 11.3 Å². The van der Waals surface area contributed by atoms with Crippen LogP contribution in [0.1, 0.15) is 31.9 Å². The highest BCUT2D eigenvalue weighted by molar-refractivity contribution is 8.32. The Morgan fingerprint density at radius 1 is 1.00 bits per heavy atom. The van der Waals surface area contributed by atoms with E-state index in [1.54, 1.807) is 0 Å². The number of nitrogens with zero attached hydrogens (tertiary/aromatic N) is 1. The summed E-state index contributed by atoms with van der Waals surface area (Å²) in [6.45, 7) is 9.17. The average molecular weight is 339 g/mol. The van der Waals surface area contributed by atoms with E-state index in [1.165, 1.54) is 21.6 Å². The van der Waals surface area contributed by atoms with Crippen LogP contribution in [-0.2, 0) is 5.21 Å². The van der Waals surface area contributed by atoms with E-state index in [0.29, 0.717) is 0 Å². The molecule has 128 valence electrons. The van der Waals surface area contributed by atoms with Gasteiger partial charge < -0.3 is 0 Å². The Hall–Kier alpha value is -1.15. The van der Waals surface area contributed by atoms with Gasteiger partial charge in [0.1, 0.15) is 15.7 Å². The van der Waals surface area contributed by atoms with Gasteiger partial charge in [-0.2, -0.15) is 0 Å². The molecule has 0 fully saturated rings. The van der Waals surface area contributed by atoms with Crippen LogP contribution in [-0.4, -0.2) is 39.4 Å². The Morgan fingerprint density at radius 2 is 1.58 bits per heavy atom. The maximum absolute atomic E-state index is 4.85. The van der Waals surface area contributed by atoms with Crippen LogP contribution in [0.2, 0.25) is 0 Å². The molecule has 0 saturated heterocycles. The van der Waals surface area contributed by atoms with Gasteiger partial charge in [-0.15, -0.1) is 0 Å². The largest absolute Gasteiger partial charge is 0.255 e. The first-order chi connectivity index (χ1) is 10.9. The minimum absolute atomic E-state index is 0.0724. The first-order valence-corrected chi connectivity index (χ1v) is 11.5. The van der Waals surface area contributed by atoms with E-state index in [0.717, 1.165) is 5.69 Å². The molecule has 0 amide bonds. The monoisotopic (exact) mass is 339 g/mol. The summed E-state index contributed by atoms with van der Waals surface area (Å²) < 4.78 is 0. The smallest absolute Gasteiger partial charge is 0.105 e. The quantitative estimate of drug-likeness (QED) is 0.779. The summed E-state index contributed by atoms with van der Waals surface area (Å²) in [4.78, 5) is 6.28. The van der Waals surface area contributed by atoms with Crippen LogP contribution in [0.5, 0.6) is 0 Å². The van der Waals surface area contributed by atoms with Crippen molar-refractivity contribution in [2.75, 3.05) is 18.8 Å². The summed E-state index contributed by atoms with van der Waals surface area (Å²) in [5.74, 6) is 0. The molecule has 1 heterocycles. The van der Waals surface area contributed by atoms with Crippen LogP contribution in [0, 0.1) is 12.3 Å². The van der Waals surface area contributed by atoms with Crippen LogP contribution in [0.3, 0.4) is 0 Å². The molecule has 1 aromatic heterocycles. The summed E-state index contributed by atoms with van der Waals surface area (Å²) in [7, 11) is 3.90. The minimum atomic E-state index is -0.848. The van der Waals surface area contributed by atoms with Crippen LogP contribution in [0.4, 0.5) is 0 Å². The second-order valence-electron chi connectivity index (χ2n) is 9.09. The number of hydrogen-bond donors (Lipinski definition) is 0. The number of rotatable bonds is 3. The zero-order chi connectivity index (χ0) is 18.3. The third kappa shape index (κ3) is 3.59. The molecule has 0 radical (unpaired) electrons. The molecule has 2 rings (SSSR count). The van der Waals surface area contributed by atoms with E-state index in [2.05, 4.69) is 98.7 Å². The van der Waals surface area contributed by atoms with Gasteiger partial charge in [-0.25, -0.2) is 10.0 Å². The van der Waals surface area contributed by atoms with E-state index in [-0.39, 0.29) is 10.6 Å². The number of aryl methyl sites for hydroxylation is 1. The molecule has 0 bridgehead atoms. The molecule has 0 saturated carbocycles. The van der Waals surface area contributed by atoms with Gasteiger partial charge in [0, 0.05) is 16.7 Å². The lowest BCUT2D eigenvalue weighted by Crippen LogP contribution is -2.42. The SMILES string of the molecule is BC(B)(c1cc(-c2ccccc2C)ncc1S(C)(C)C)C(C)(C)C. The molecule has 1 aromatic carbocycles. The number of pyridine rings is 1. The average Bonchev–Trinajstić information content (AvgIpc) is 2.45. The zero-order valence-electron chi connectivity index (χ0n) is 16.8. The summed E-state index contributed by atoms with van der Waals surface area (Å²) in [5.41, 5.74) is 5.23. The van der Waals surface area contributed by atoms with Crippen LogP contribution >= 0.6 is 10.0 Å². The van der Waals surface area contributed by atoms with E-state index in [9.17, 15) is 0 Å². The highest BCUT2D eigenvalue weighted by Crippen LogP contribution is 2.51. The van der Waals surface area contributed by atoms with Crippen molar-refractivity contribution >= 4 is 25.7 Å². The lowest BCUT2D eigenvalue weighted by Gasteiger charge is -2.43. The summed E-state index contributed by atoms with van der Waals surface area (Å²) in [6, 6.07) is 10.9. The highest BCUT2D eigenvalue weighted by atomic mass is 32.3. The van der Waals surface area contributed by atoms with Gasteiger partial charge in [0.2, 0.25) is 0 Å². The molecule has 0 spiro atoms. The van der Waals surface area contributed by atoms with Gasteiger partial charge in [-0.3, -0.25) is 4.98 Å². The fourth-order valence-electron chi connectivity index (χ4n) is 2.83. The molecule has 0 unspecified atom stereocenters. The lowest BCUT2D eigenvalue weighted by molar-refractivity contribution is 0.355. The van der Waals surface area contributed by atoms with Gasteiger partial charge in [0.05, 0.1) is 5.69 Å². The zero-order valence-corrected chi connectivity index (χ0v) is 17.6. The molecule has 1 nitrogen and oxygen atoms in total. The Labute approximate surface area is 151 Å². The van der Waals surface area contributed by atoms with E-state index in [4.69, 9.17) is 4.98 Å². The van der Waals surface area contributed by atoms with Gasteiger partial charge in [-0.1, -0.05) is 50.3 Å². The predicted octanol–water partition coefficient (Wildman–Crippen LogP) is 3.58. The molecular weight excluding hydrogens is 308 g/mol. The van der Waals surface area contributed by atoms with Crippen molar-refractivity contribution in [2.24, 2.45) is 5.41 Å². The number of aromatic nitrogens is 1. The van der Waals surface area contributed by atoms with Crippen molar-refractivity contribution in [1.29, 1.82) is 0 Å². The molecule has 2 aromatic rings. The molecule has 0 N–H and O–H groups in total. The molecule has 0 aliphatic carbocycles. The minimum Gasteiger partial charge on any atom is -0.255 e. The van der Waals surface area contributed by atoms with Gasteiger partial charge in [0.15, 0.2) is 0 Å². The normalized spacial score (nSPS) is 13.8. The molecule has 0 aliphatic heterocycles. The third-order valence-electron chi connectivity index (χ3n) is 5.50. The first kappa shape index (κ1) is 19.2. The summed E-state index contributed by atoms with van der Waals surface area (Å²) >= 11 is 0. The third-order valence-corrected chi connectivity index (χ3v) is 7.14. The number of hydrogen-bond acceptors (Lipinski definition) is 1. The van der Waals surface area contributed by atoms with Crippen LogP contribution < -0.4 is 0 Å². The maximum Gasteiger partial charge on any atom is 0.105 e. The summed E-state index contributed by atoms with van der Waals surface area (Å²) in [5, 5.41) is 0.0724. The first-order valence-electron chi connectivity index (χ1n) is 8.60. The van der Waals surface area contributed by atoms with Crippen LogP contribution in [0.25, 0.3) is 11.3 Å². The molecule has 0 atom stereocenters. The molecular formula is C20H31B2NS. The summed E-state index contributed by atoms with van der Waals surface area (Å²) in [6.07, 6.45) is 9.22. The Kier molecular flexibility index (Phi) is 5.03. The van der Waals surface area contributed by atoms with Crippen molar-refractivity contribution in [3.63, 3.8) is 0 Å². The molecule has 4 heteroatoms. The van der Waals surface area contributed by atoms with E-state index < -0.39 is 10.0 Å². The second kappa shape index (κ2) is 6.29. The van der Waals surface area contributed by atoms with Crippen LogP contribution in [0.15, 0.2) is 41.4 Å². The standard InChI is InChI=1S/C20H31B2NS/c1-14-10-8-9-11-15(14)17-12-16(20(21,22)19(2,3)4)18(13-23-17)24(5,6)7/h8-13H,21-22H2,1-7H3. The lowest BCUT2D eigenvalue weighted by atomic mass is 9.41. The second-order valence-corrected chi connectivity index (χ2v) is 13.2. The molecule has 24 heavy (non-hydrogen) atoms. The Balaban J connectivity index is 2.75. The Bertz CT molecular complexity index is 740. The van der Waals surface area contributed by atoms with Crippen molar-refractivity contribution in [2.45, 2.75) is 37.8 Å². The Morgan fingerprint density at radius 3 is 2.08 bits per heavy atom. The van der Waals surface area contributed by atoms with Gasteiger partial charge in [-0.05, 0) is 48.3 Å². The fourth-order valence-corrected chi connectivity index (χ4v) is 4.17. The van der Waals surface area contributed by atoms with E-state index >= 15 is 0 Å². The van der Waals surface area contributed by atoms with Crippen molar-refractivity contribution in [3.05, 3.63) is 47.7 Å². The predicted molar refractivity (Wildman–Crippen MR) is 116 cm³/mol. The number of benzene rings is 1. The highest BCUT2D eigenvalue weighted by Gasteiger charge is 2.37. The van der Waals surface area contributed by atoms with E-state index in [1.807, 2.05) is 0 Å². The van der Waals surface area contributed by atoms with Gasteiger partial charge in [0.25, 0.3) is 0 Å². The van der Waals surface area contributed by atoms with Crippen molar-refractivity contribution < 1.29 is 0 Å². The van der Waals surface area contributed by atoms with Crippen molar-refractivity contribution in [1.82, 2.24) is 4.98 Å². The molecule has 0 aliphatic rings. The maximum atomic E-state index is 4.85. The fraction of sp³-hybridized carbons (Fsp3) is 0.450. The van der Waals surface area contributed by atoms with Gasteiger partial charge >= 0.3 is 0 Å².